The number of nitrogens with zero attached hydrogens (tertiary/aromatic N) is 3. The summed E-state index contributed by atoms with van der Waals surface area (Å²) in [7, 11) is 2.20. The van der Waals surface area contributed by atoms with Gasteiger partial charge in [0.15, 0.2) is 0 Å². The maximum absolute atomic E-state index is 4.75. The van der Waals surface area contributed by atoms with Crippen molar-refractivity contribution in [3.8, 4) is 0 Å². The van der Waals surface area contributed by atoms with Gasteiger partial charge in [0.2, 0.25) is 0 Å². The Kier molecular flexibility index (Phi) is 5.02. The van der Waals surface area contributed by atoms with Crippen LogP contribution in [0.1, 0.15) is 26.7 Å². The van der Waals surface area contributed by atoms with Gasteiger partial charge in [-0.05, 0) is 45.5 Å². The average Bonchev–Trinajstić information content (AvgIpc) is 2.57. The number of rotatable bonds is 4. The van der Waals surface area contributed by atoms with Gasteiger partial charge >= 0.3 is 0 Å². The predicted molar refractivity (Wildman–Crippen MR) is 81.9 cm³/mol. The van der Waals surface area contributed by atoms with Crippen LogP contribution in [-0.2, 0) is 0 Å². The lowest BCUT2D eigenvalue weighted by atomic mass is 10.2. The first-order chi connectivity index (χ1) is 9.20. The van der Waals surface area contributed by atoms with Crippen LogP contribution in [0.2, 0.25) is 0 Å². The van der Waals surface area contributed by atoms with E-state index in [0.717, 1.165) is 37.7 Å². The summed E-state index contributed by atoms with van der Waals surface area (Å²) in [5, 5.41) is 3.36. The minimum atomic E-state index is 0.515. The van der Waals surface area contributed by atoms with Crippen molar-refractivity contribution < 1.29 is 0 Å². The fourth-order valence-electron chi connectivity index (χ4n) is 2.65. The smallest absolute Gasteiger partial charge is 0.131 e. The van der Waals surface area contributed by atoms with Gasteiger partial charge in [0.1, 0.15) is 11.6 Å². The summed E-state index contributed by atoms with van der Waals surface area (Å²) in [5.41, 5.74) is 0. The molecule has 2 heterocycles. The normalized spacial score (nSPS) is 21.2. The zero-order valence-corrected chi connectivity index (χ0v) is 12.4. The summed E-state index contributed by atoms with van der Waals surface area (Å²) in [6, 6.07) is 6.79. The van der Waals surface area contributed by atoms with Crippen molar-refractivity contribution in [2.24, 2.45) is 0 Å². The number of anilines is 2. The zero-order chi connectivity index (χ0) is 13.7. The molecule has 0 bridgehead atoms. The maximum Gasteiger partial charge on any atom is 0.131 e. The van der Waals surface area contributed by atoms with Crippen LogP contribution in [0.15, 0.2) is 18.2 Å². The van der Waals surface area contributed by atoms with E-state index in [2.05, 4.69) is 48.1 Å². The molecule has 1 atom stereocenters. The third-order valence-corrected chi connectivity index (χ3v) is 3.63. The monoisotopic (exact) mass is 262 g/mol. The topological polar surface area (TPSA) is 31.4 Å². The molecular formula is C15H26N4. The molecule has 19 heavy (non-hydrogen) atoms. The highest BCUT2D eigenvalue weighted by atomic mass is 15.3. The summed E-state index contributed by atoms with van der Waals surface area (Å²) in [6.07, 6.45) is 2.33. The van der Waals surface area contributed by atoms with Crippen LogP contribution in [0.3, 0.4) is 0 Å². The quantitative estimate of drug-likeness (QED) is 0.903. The highest BCUT2D eigenvalue weighted by Crippen LogP contribution is 2.19. The van der Waals surface area contributed by atoms with Crippen molar-refractivity contribution >= 4 is 11.6 Å². The second-order valence-electron chi connectivity index (χ2n) is 5.47. The van der Waals surface area contributed by atoms with Crippen molar-refractivity contribution in [2.45, 2.75) is 32.7 Å². The Labute approximate surface area is 116 Å². The second kappa shape index (κ2) is 6.75. The van der Waals surface area contributed by atoms with E-state index < -0.39 is 0 Å². The molecule has 1 aliphatic rings. The Morgan fingerprint density at radius 3 is 3.00 bits per heavy atom. The first kappa shape index (κ1) is 14.1. The van der Waals surface area contributed by atoms with E-state index in [4.69, 9.17) is 4.98 Å². The van der Waals surface area contributed by atoms with Gasteiger partial charge in [0, 0.05) is 25.7 Å². The highest BCUT2D eigenvalue weighted by Gasteiger charge is 2.20. The van der Waals surface area contributed by atoms with E-state index in [0.29, 0.717) is 6.04 Å². The minimum absolute atomic E-state index is 0.515. The molecular weight excluding hydrogens is 236 g/mol. The second-order valence-corrected chi connectivity index (χ2v) is 5.47. The van der Waals surface area contributed by atoms with Crippen LogP contribution in [0.5, 0.6) is 0 Å². The van der Waals surface area contributed by atoms with Gasteiger partial charge in [-0.3, -0.25) is 0 Å². The minimum Gasteiger partial charge on any atom is -0.370 e. The van der Waals surface area contributed by atoms with Gasteiger partial charge < -0.3 is 15.1 Å². The first-order valence-corrected chi connectivity index (χ1v) is 7.37. The Hall–Kier alpha value is -1.29. The lowest BCUT2D eigenvalue weighted by Crippen LogP contribution is -2.38. The third-order valence-electron chi connectivity index (χ3n) is 3.63. The molecule has 0 spiro atoms. The van der Waals surface area contributed by atoms with Crippen LogP contribution in [0.4, 0.5) is 11.6 Å². The van der Waals surface area contributed by atoms with Crippen LogP contribution < -0.4 is 10.2 Å². The number of aromatic nitrogens is 1. The molecule has 1 aromatic heterocycles. The molecule has 1 aliphatic heterocycles. The van der Waals surface area contributed by atoms with Crippen molar-refractivity contribution in [2.75, 3.05) is 43.4 Å². The zero-order valence-electron chi connectivity index (χ0n) is 12.4. The van der Waals surface area contributed by atoms with Crippen molar-refractivity contribution in [3.05, 3.63) is 18.2 Å². The summed E-state index contributed by atoms with van der Waals surface area (Å²) >= 11 is 0. The molecule has 4 heteroatoms. The van der Waals surface area contributed by atoms with Crippen LogP contribution >= 0.6 is 0 Å². The van der Waals surface area contributed by atoms with Crippen molar-refractivity contribution in [1.29, 1.82) is 0 Å². The highest BCUT2D eigenvalue weighted by molar-refractivity contribution is 5.47. The molecule has 1 unspecified atom stereocenters. The Balaban J connectivity index is 2.11. The fraction of sp³-hybridized carbons (Fsp3) is 0.667. The Bertz CT molecular complexity index is 393. The van der Waals surface area contributed by atoms with Crippen LogP contribution in [-0.4, -0.2) is 49.2 Å². The molecule has 0 saturated carbocycles. The van der Waals surface area contributed by atoms with E-state index in [1.54, 1.807) is 0 Å². The number of hydrogen-bond acceptors (Lipinski definition) is 4. The number of pyridine rings is 1. The molecule has 2 rings (SSSR count). The maximum atomic E-state index is 4.75. The molecule has 1 aromatic rings. The van der Waals surface area contributed by atoms with Gasteiger partial charge in [-0.15, -0.1) is 0 Å². The van der Waals surface area contributed by atoms with Crippen LogP contribution in [0.25, 0.3) is 0 Å². The first-order valence-electron chi connectivity index (χ1n) is 7.37. The summed E-state index contributed by atoms with van der Waals surface area (Å²) < 4.78 is 0. The average molecular weight is 262 g/mol. The molecule has 1 N–H and O–H groups in total. The summed E-state index contributed by atoms with van der Waals surface area (Å²) in [6.45, 7) is 8.81. The molecule has 0 radical (unpaired) electrons. The molecule has 4 nitrogen and oxygen atoms in total. The van der Waals surface area contributed by atoms with E-state index in [1.807, 2.05) is 6.07 Å². The fourth-order valence-corrected chi connectivity index (χ4v) is 2.65. The Morgan fingerprint density at radius 2 is 2.21 bits per heavy atom. The van der Waals surface area contributed by atoms with E-state index in [-0.39, 0.29) is 0 Å². The molecule has 106 valence electrons. The van der Waals surface area contributed by atoms with Gasteiger partial charge in [0.05, 0.1) is 0 Å². The number of nitrogens with one attached hydrogen (secondary N) is 1. The van der Waals surface area contributed by atoms with Crippen molar-refractivity contribution in [3.63, 3.8) is 0 Å². The van der Waals surface area contributed by atoms with E-state index in [1.165, 1.54) is 13.0 Å². The third kappa shape index (κ3) is 3.83. The van der Waals surface area contributed by atoms with Gasteiger partial charge in [-0.2, -0.15) is 0 Å². The van der Waals surface area contributed by atoms with Crippen LogP contribution in [0, 0.1) is 0 Å². The summed E-state index contributed by atoms with van der Waals surface area (Å²) in [5.74, 6) is 2.09. The lowest BCUT2D eigenvalue weighted by molar-refractivity contribution is 0.337. The number of likely N-dealkylation sites (N-methyl/N-ethyl adjacent to an activating group) is 1. The molecule has 0 aliphatic carbocycles. The lowest BCUT2D eigenvalue weighted by Gasteiger charge is -2.29. The largest absolute Gasteiger partial charge is 0.370 e. The molecule has 0 amide bonds. The van der Waals surface area contributed by atoms with Gasteiger partial charge in [-0.1, -0.05) is 13.0 Å². The van der Waals surface area contributed by atoms with E-state index in [9.17, 15) is 0 Å². The predicted octanol–water partition coefficient (Wildman–Crippen LogP) is 2.43. The van der Waals surface area contributed by atoms with Gasteiger partial charge in [0.25, 0.3) is 0 Å². The Morgan fingerprint density at radius 1 is 1.37 bits per heavy atom. The van der Waals surface area contributed by atoms with Crippen molar-refractivity contribution in [1.82, 2.24) is 9.88 Å². The summed E-state index contributed by atoms with van der Waals surface area (Å²) in [4.78, 5) is 9.59. The molecule has 1 saturated heterocycles. The number of hydrogen-bond donors (Lipinski definition) is 1. The SMILES string of the molecule is CCCNc1cccc(N2CCCN(C)CC2C)n1. The standard InChI is InChI=1S/C15H26N4/c1-4-9-16-14-7-5-8-15(17-14)19-11-6-10-18(3)12-13(19)2/h5,7-8,13H,4,6,9-12H2,1-3H3,(H,16,17). The van der Waals surface area contributed by atoms with Gasteiger partial charge in [-0.25, -0.2) is 4.98 Å². The molecule has 0 aromatic carbocycles. The van der Waals surface area contributed by atoms with E-state index >= 15 is 0 Å². The molecule has 1 fully saturated rings.